The van der Waals surface area contributed by atoms with Gasteiger partial charge in [0, 0.05) is 30.6 Å². The van der Waals surface area contributed by atoms with Gasteiger partial charge in [-0.25, -0.2) is 4.98 Å². The molecule has 0 saturated carbocycles. The fraction of sp³-hybridized carbons (Fsp3) is 0.241. The monoisotopic (exact) mass is 516 g/mol. The Morgan fingerprint density at radius 2 is 1.79 bits per heavy atom. The van der Waals surface area contributed by atoms with Crippen molar-refractivity contribution in [3.05, 3.63) is 99.1 Å². The Labute approximate surface area is 216 Å². The van der Waals surface area contributed by atoms with Crippen LogP contribution < -0.4 is 5.56 Å². The van der Waals surface area contributed by atoms with E-state index < -0.39 is 23.2 Å². The first-order valence-corrected chi connectivity index (χ1v) is 12.1. The number of alkyl halides is 3. The average molecular weight is 517 g/mol. The molecule has 1 atom stereocenters. The molecule has 38 heavy (non-hydrogen) atoms. The topological polar surface area (TPSA) is 79.0 Å². The van der Waals surface area contributed by atoms with Gasteiger partial charge in [-0.15, -0.1) is 0 Å². The average Bonchev–Trinajstić information content (AvgIpc) is 3.00. The van der Waals surface area contributed by atoms with Crippen LogP contribution in [-0.2, 0) is 19.3 Å². The molecule has 0 radical (unpaired) electrons. The number of halogens is 3. The van der Waals surface area contributed by atoms with Crippen LogP contribution in [0.3, 0.4) is 0 Å². The highest BCUT2D eigenvalue weighted by Gasteiger charge is 2.34. The summed E-state index contributed by atoms with van der Waals surface area (Å²) in [6.07, 6.45) is -4.51. The van der Waals surface area contributed by atoms with E-state index in [4.69, 9.17) is 0 Å². The predicted molar refractivity (Wildman–Crippen MR) is 136 cm³/mol. The van der Waals surface area contributed by atoms with E-state index in [2.05, 4.69) is 4.98 Å². The lowest BCUT2D eigenvalue weighted by molar-refractivity contribution is -0.137. The normalized spacial score (nSPS) is 15.7. The zero-order valence-electron chi connectivity index (χ0n) is 20.7. The number of pyridine rings is 2. The van der Waals surface area contributed by atoms with Crippen LogP contribution in [0, 0.1) is 24.2 Å². The van der Waals surface area contributed by atoms with Crippen molar-refractivity contribution >= 4 is 16.8 Å². The molecule has 0 saturated heterocycles. The number of carbonyl (C=O) groups excluding carboxylic acids is 1. The quantitative estimate of drug-likeness (QED) is 0.358. The van der Waals surface area contributed by atoms with Gasteiger partial charge in [0.2, 0.25) is 0 Å². The minimum absolute atomic E-state index is 0.0417. The fourth-order valence-electron chi connectivity index (χ4n) is 5.12. The van der Waals surface area contributed by atoms with E-state index in [1.807, 2.05) is 43.3 Å². The molecule has 0 fully saturated rings. The van der Waals surface area contributed by atoms with E-state index in [-0.39, 0.29) is 42.5 Å². The van der Waals surface area contributed by atoms with Gasteiger partial charge in [0.1, 0.15) is 23.0 Å². The molecule has 0 spiro atoms. The lowest BCUT2D eigenvalue weighted by Crippen LogP contribution is -2.34. The number of aromatic nitrogens is 2. The maximum atomic E-state index is 14.1. The molecule has 2 aromatic heterocycles. The van der Waals surface area contributed by atoms with Crippen LogP contribution in [0.2, 0.25) is 0 Å². The molecule has 6 nitrogen and oxygen atoms in total. The van der Waals surface area contributed by atoms with Gasteiger partial charge in [-0.2, -0.15) is 18.4 Å². The van der Waals surface area contributed by atoms with Crippen molar-refractivity contribution < 1.29 is 18.0 Å². The molecule has 1 aliphatic rings. The van der Waals surface area contributed by atoms with Crippen LogP contribution in [-0.4, -0.2) is 26.9 Å². The Balaban J connectivity index is 1.73. The van der Waals surface area contributed by atoms with Crippen molar-refractivity contribution in [2.75, 3.05) is 6.54 Å². The van der Waals surface area contributed by atoms with Gasteiger partial charge in [0.15, 0.2) is 0 Å². The molecule has 0 N–H and O–H groups in total. The molecular weight excluding hydrogens is 493 g/mol. The van der Waals surface area contributed by atoms with Gasteiger partial charge < -0.3 is 9.47 Å². The largest absolute Gasteiger partial charge is 0.416 e. The van der Waals surface area contributed by atoms with E-state index in [0.717, 1.165) is 12.1 Å². The van der Waals surface area contributed by atoms with Gasteiger partial charge in [-0.1, -0.05) is 48.9 Å². The molecule has 0 aliphatic carbocycles. The van der Waals surface area contributed by atoms with Crippen LogP contribution in [0.4, 0.5) is 13.2 Å². The molecule has 2 aromatic carbocycles. The molecule has 1 aliphatic heterocycles. The van der Waals surface area contributed by atoms with Gasteiger partial charge in [0.25, 0.3) is 11.5 Å². The number of hydrogen-bond donors (Lipinski definition) is 0. The third-order valence-electron chi connectivity index (χ3n) is 6.65. The molecule has 9 heteroatoms. The minimum Gasteiger partial charge on any atom is -0.333 e. The van der Waals surface area contributed by atoms with E-state index in [9.17, 15) is 28.0 Å². The summed E-state index contributed by atoms with van der Waals surface area (Å²) in [7, 11) is 0. The van der Waals surface area contributed by atoms with Crippen LogP contribution in [0.5, 0.6) is 0 Å². The Morgan fingerprint density at radius 1 is 1.05 bits per heavy atom. The van der Waals surface area contributed by atoms with E-state index in [0.29, 0.717) is 27.6 Å². The number of carbonyl (C=O) groups is 1. The van der Waals surface area contributed by atoms with Gasteiger partial charge in [-0.3, -0.25) is 9.59 Å². The second kappa shape index (κ2) is 9.45. The van der Waals surface area contributed by atoms with Crippen molar-refractivity contribution in [2.45, 2.75) is 33.1 Å². The number of benzene rings is 2. The highest BCUT2D eigenvalue weighted by Crippen LogP contribution is 2.34. The third-order valence-corrected chi connectivity index (χ3v) is 6.65. The first-order valence-electron chi connectivity index (χ1n) is 12.1. The number of nitriles is 1. The predicted octanol–water partition coefficient (Wildman–Crippen LogP) is 5.55. The third kappa shape index (κ3) is 4.54. The molecular formula is C29H23F3N4O2. The number of amides is 1. The first-order chi connectivity index (χ1) is 18.1. The van der Waals surface area contributed by atoms with E-state index in [1.54, 1.807) is 19.1 Å². The maximum Gasteiger partial charge on any atom is 0.416 e. The number of nitrogens with zero attached hydrogens (tertiary/aromatic N) is 4. The number of rotatable bonds is 3. The number of aryl methyl sites for hydroxylation is 1. The summed E-state index contributed by atoms with van der Waals surface area (Å²) in [6, 6.07) is 17.9. The van der Waals surface area contributed by atoms with Crippen molar-refractivity contribution in [2.24, 2.45) is 5.92 Å². The van der Waals surface area contributed by atoms with Crippen molar-refractivity contribution in [3.8, 4) is 17.2 Å². The highest BCUT2D eigenvalue weighted by molar-refractivity contribution is 6.07. The van der Waals surface area contributed by atoms with E-state index in [1.165, 1.54) is 15.5 Å². The lowest BCUT2D eigenvalue weighted by atomic mass is 9.97. The minimum atomic E-state index is -4.51. The zero-order chi connectivity index (χ0) is 27.2. The molecule has 4 aromatic rings. The second-order valence-corrected chi connectivity index (χ2v) is 9.71. The summed E-state index contributed by atoms with van der Waals surface area (Å²) in [5.74, 6) is -0.628. The summed E-state index contributed by atoms with van der Waals surface area (Å²) in [6.45, 7) is 3.89. The van der Waals surface area contributed by atoms with Crippen LogP contribution >= 0.6 is 0 Å². The highest BCUT2D eigenvalue weighted by atomic mass is 19.4. The smallest absolute Gasteiger partial charge is 0.333 e. The number of hydrogen-bond acceptors (Lipinski definition) is 4. The molecule has 0 unspecified atom stereocenters. The van der Waals surface area contributed by atoms with Gasteiger partial charge in [0.05, 0.1) is 5.56 Å². The lowest BCUT2D eigenvalue weighted by Gasteiger charge is -2.24. The van der Waals surface area contributed by atoms with E-state index >= 15 is 0 Å². The summed E-state index contributed by atoms with van der Waals surface area (Å²) in [4.78, 5) is 33.5. The summed E-state index contributed by atoms with van der Waals surface area (Å²) in [5.41, 5.74) is 1.07. The molecule has 0 bridgehead atoms. The zero-order valence-corrected chi connectivity index (χ0v) is 20.7. The van der Waals surface area contributed by atoms with Crippen molar-refractivity contribution in [1.29, 1.82) is 5.26 Å². The van der Waals surface area contributed by atoms with Crippen LogP contribution in [0.25, 0.3) is 22.0 Å². The van der Waals surface area contributed by atoms with Gasteiger partial charge in [-0.05, 0) is 48.2 Å². The Hall–Kier alpha value is -4.45. The number of fused-ring (bicyclic) bond motifs is 2. The van der Waals surface area contributed by atoms with Crippen molar-refractivity contribution in [1.82, 2.24) is 14.5 Å². The van der Waals surface area contributed by atoms with Gasteiger partial charge >= 0.3 is 6.18 Å². The summed E-state index contributed by atoms with van der Waals surface area (Å²) in [5, 5.41) is 9.79. The Bertz CT molecular complexity index is 1670. The molecule has 192 valence electrons. The summed E-state index contributed by atoms with van der Waals surface area (Å²) < 4.78 is 41.8. The van der Waals surface area contributed by atoms with Crippen LogP contribution in [0.15, 0.2) is 65.5 Å². The standard InChI is InChI=1S/C29H23F3N4O2/c1-17-10-19(12-21(11-17)29(30,31)32)16-35-14-18(2)15-36-26(28(35)38)24(20-6-4-3-5-7-20)23-9-8-22(13-33)34-25(23)27(36)37/h3-12,18H,14-16H2,1-2H3/t18-/m0/s1. The van der Waals surface area contributed by atoms with Crippen molar-refractivity contribution in [3.63, 3.8) is 0 Å². The Kier molecular flexibility index (Phi) is 6.27. The SMILES string of the molecule is Cc1cc(CN2C[C@H](C)Cn3c(c(-c4ccccc4)c4ccc(C#N)nc4c3=O)C2=O)cc(C(F)(F)F)c1. The second-order valence-electron chi connectivity index (χ2n) is 9.71. The molecule has 5 rings (SSSR count). The Morgan fingerprint density at radius 3 is 2.47 bits per heavy atom. The molecule has 3 heterocycles. The maximum absolute atomic E-state index is 14.1. The fourth-order valence-corrected chi connectivity index (χ4v) is 5.12. The van der Waals surface area contributed by atoms with Crippen LogP contribution in [0.1, 0.15) is 39.8 Å². The first kappa shape index (κ1) is 25.2. The summed E-state index contributed by atoms with van der Waals surface area (Å²) >= 11 is 0. The molecule has 1 amide bonds.